The van der Waals surface area contributed by atoms with Gasteiger partial charge in [-0.25, -0.2) is 0 Å². The summed E-state index contributed by atoms with van der Waals surface area (Å²) in [4.78, 5) is 22.7. The minimum Gasteiger partial charge on any atom is -0.394 e. The molecule has 0 radical (unpaired) electrons. The molecular formula is C10H18N2O7. The lowest BCUT2D eigenvalue weighted by atomic mass is 9.87. The van der Waals surface area contributed by atoms with E-state index in [-0.39, 0.29) is 0 Å². The zero-order chi connectivity index (χ0) is 14.8. The van der Waals surface area contributed by atoms with Crippen molar-refractivity contribution in [1.82, 2.24) is 5.32 Å². The molecule has 1 aliphatic rings. The van der Waals surface area contributed by atoms with Crippen LogP contribution in [0.5, 0.6) is 0 Å². The number of Topliss-reactive ketones (excluding diaryl/α,β-unsaturated/α-hetero) is 1. The van der Waals surface area contributed by atoms with Gasteiger partial charge in [-0.1, -0.05) is 0 Å². The summed E-state index contributed by atoms with van der Waals surface area (Å²) in [5, 5.41) is 40.8. The fraction of sp³-hybridized carbons (Fsp3) is 0.800. The zero-order valence-electron chi connectivity index (χ0n) is 10.3. The van der Waals surface area contributed by atoms with Crippen molar-refractivity contribution in [3.63, 3.8) is 0 Å². The second-order valence-electron chi connectivity index (χ2n) is 4.32. The number of hydrogen-bond donors (Lipinski definition) is 6. The lowest BCUT2D eigenvalue weighted by molar-refractivity contribution is -0.301. The summed E-state index contributed by atoms with van der Waals surface area (Å²) in [6.07, 6.45) is -4.65. The molecule has 0 spiro atoms. The number of carbonyl (C=O) groups excluding carboxylic acids is 2. The summed E-state index contributed by atoms with van der Waals surface area (Å²) in [6, 6.07) is -1.58. The van der Waals surface area contributed by atoms with Crippen LogP contribution in [0.3, 0.4) is 0 Å². The second kappa shape index (κ2) is 5.90. The molecule has 0 saturated carbocycles. The molecule has 1 amide bonds. The number of rotatable bonds is 4. The van der Waals surface area contributed by atoms with Crippen LogP contribution in [0.25, 0.3) is 0 Å². The van der Waals surface area contributed by atoms with E-state index in [0.29, 0.717) is 0 Å². The molecule has 1 rings (SSSR count). The van der Waals surface area contributed by atoms with Crippen LogP contribution in [0.1, 0.15) is 6.92 Å². The Kier molecular flexibility index (Phi) is 4.96. The Morgan fingerprint density at radius 1 is 1.37 bits per heavy atom. The van der Waals surface area contributed by atoms with Crippen molar-refractivity contribution >= 4 is 11.7 Å². The van der Waals surface area contributed by atoms with E-state index < -0.39 is 55.0 Å². The van der Waals surface area contributed by atoms with Crippen LogP contribution in [0.15, 0.2) is 0 Å². The van der Waals surface area contributed by atoms with Gasteiger partial charge >= 0.3 is 0 Å². The third kappa shape index (κ3) is 2.91. The first-order chi connectivity index (χ1) is 8.77. The number of aliphatic hydroxyl groups excluding tert-OH is 3. The molecule has 7 N–H and O–H groups in total. The smallest absolute Gasteiger partial charge is 0.251 e. The Morgan fingerprint density at radius 3 is 2.37 bits per heavy atom. The molecule has 0 bridgehead atoms. The van der Waals surface area contributed by atoms with Crippen molar-refractivity contribution in [3.8, 4) is 0 Å². The average molecular weight is 278 g/mol. The summed E-state index contributed by atoms with van der Waals surface area (Å²) in [7, 11) is 0. The molecule has 1 aliphatic heterocycles. The first-order valence-electron chi connectivity index (χ1n) is 5.65. The van der Waals surface area contributed by atoms with E-state index in [1.807, 2.05) is 0 Å². The summed E-state index contributed by atoms with van der Waals surface area (Å²) >= 11 is 0. The molecule has 0 aromatic rings. The monoisotopic (exact) mass is 278 g/mol. The molecule has 1 unspecified atom stereocenters. The quantitative estimate of drug-likeness (QED) is 0.301. The zero-order valence-corrected chi connectivity index (χ0v) is 10.3. The van der Waals surface area contributed by atoms with Crippen molar-refractivity contribution in [2.45, 2.75) is 37.1 Å². The number of aliphatic hydroxyl groups is 4. The number of ether oxygens (including phenoxy) is 1. The van der Waals surface area contributed by atoms with E-state index >= 15 is 0 Å². The van der Waals surface area contributed by atoms with Gasteiger partial charge < -0.3 is 36.2 Å². The molecule has 19 heavy (non-hydrogen) atoms. The maximum atomic E-state index is 11.7. The molecule has 1 fully saturated rings. The second-order valence-corrected chi connectivity index (χ2v) is 4.32. The minimum atomic E-state index is -2.60. The van der Waals surface area contributed by atoms with Crippen molar-refractivity contribution < 1.29 is 34.8 Å². The summed E-state index contributed by atoms with van der Waals surface area (Å²) in [6.45, 7) is -0.233. The number of hydrogen-bond acceptors (Lipinski definition) is 8. The predicted octanol–water partition coefficient (Wildman–Crippen LogP) is -4.18. The van der Waals surface area contributed by atoms with Crippen LogP contribution in [-0.4, -0.2) is 75.4 Å². The third-order valence-corrected chi connectivity index (χ3v) is 2.95. The van der Waals surface area contributed by atoms with Crippen LogP contribution in [0.4, 0.5) is 0 Å². The average Bonchev–Trinajstić information content (AvgIpc) is 2.37. The van der Waals surface area contributed by atoms with Gasteiger partial charge in [0.25, 0.3) is 5.79 Å². The van der Waals surface area contributed by atoms with E-state index in [0.717, 1.165) is 6.92 Å². The molecule has 9 heteroatoms. The van der Waals surface area contributed by atoms with Crippen LogP contribution >= 0.6 is 0 Å². The minimum absolute atomic E-state index is 0.604. The predicted molar refractivity (Wildman–Crippen MR) is 60.6 cm³/mol. The number of nitrogens with two attached hydrogens (primary N) is 1. The Hall–Kier alpha value is -1.10. The summed E-state index contributed by atoms with van der Waals surface area (Å²) < 4.78 is 4.92. The normalized spacial score (nSPS) is 38.8. The van der Waals surface area contributed by atoms with Gasteiger partial charge in [-0.05, 0) is 0 Å². The molecule has 1 saturated heterocycles. The fourth-order valence-corrected chi connectivity index (χ4v) is 1.96. The first-order valence-corrected chi connectivity index (χ1v) is 5.65. The van der Waals surface area contributed by atoms with E-state index in [1.165, 1.54) is 0 Å². The highest BCUT2D eigenvalue weighted by molar-refractivity contribution is 5.89. The van der Waals surface area contributed by atoms with Crippen molar-refractivity contribution in [3.05, 3.63) is 0 Å². The lowest BCUT2D eigenvalue weighted by Gasteiger charge is -2.46. The van der Waals surface area contributed by atoms with Crippen molar-refractivity contribution in [1.29, 1.82) is 0 Å². The van der Waals surface area contributed by atoms with Gasteiger partial charge in [-0.15, -0.1) is 0 Å². The Balaban J connectivity index is 3.13. The Labute approximate surface area is 109 Å². The van der Waals surface area contributed by atoms with Crippen LogP contribution in [0, 0.1) is 0 Å². The van der Waals surface area contributed by atoms with Gasteiger partial charge in [-0.2, -0.15) is 0 Å². The lowest BCUT2D eigenvalue weighted by Crippen LogP contribution is -2.73. The van der Waals surface area contributed by atoms with Gasteiger partial charge in [0.15, 0.2) is 0 Å². The standard InChI is InChI=1S/C10H18N2O7/c1-4(14)12-9-8(17)7(16)5(3-13)19-10(9,18)6(15)2-11/h5,7-9,13,16-18H,2-3,11H2,1H3,(H,12,14)/t5-,7-,8+,9-,10?/m1/s1. The van der Waals surface area contributed by atoms with Crippen molar-refractivity contribution in [2.75, 3.05) is 13.2 Å². The third-order valence-electron chi connectivity index (χ3n) is 2.95. The van der Waals surface area contributed by atoms with Gasteiger partial charge in [0, 0.05) is 6.92 Å². The highest BCUT2D eigenvalue weighted by Crippen LogP contribution is 2.28. The SMILES string of the molecule is CC(=O)N[C@@H]1[C@@H](O)[C@H](O)[C@@H](CO)OC1(O)C(=O)CN. The molecule has 1 heterocycles. The highest BCUT2D eigenvalue weighted by Gasteiger charge is 2.57. The number of ketones is 1. The molecule has 110 valence electrons. The number of carbonyl (C=O) groups is 2. The maximum absolute atomic E-state index is 11.7. The molecule has 0 aromatic heterocycles. The largest absolute Gasteiger partial charge is 0.394 e. The number of amides is 1. The van der Waals surface area contributed by atoms with Gasteiger partial charge in [0.05, 0.1) is 13.2 Å². The Bertz CT molecular complexity index is 364. The van der Waals surface area contributed by atoms with Crippen LogP contribution in [-0.2, 0) is 14.3 Å². The van der Waals surface area contributed by atoms with Crippen LogP contribution in [0.2, 0.25) is 0 Å². The van der Waals surface area contributed by atoms with E-state index in [9.17, 15) is 24.9 Å². The molecule has 0 aliphatic carbocycles. The Morgan fingerprint density at radius 2 is 1.95 bits per heavy atom. The first kappa shape index (κ1) is 16.0. The molecular weight excluding hydrogens is 260 g/mol. The molecule has 5 atom stereocenters. The van der Waals surface area contributed by atoms with E-state index in [2.05, 4.69) is 5.32 Å². The maximum Gasteiger partial charge on any atom is 0.251 e. The summed E-state index contributed by atoms with van der Waals surface area (Å²) in [5.74, 6) is -4.24. The highest BCUT2D eigenvalue weighted by atomic mass is 16.7. The number of nitrogens with one attached hydrogen (secondary N) is 1. The topological polar surface area (TPSA) is 162 Å². The van der Waals surface area contributed by atoms with Gasteiger partial charge in [0.1, 0.15) is 24.4 Å². The van der Waals surface area contributed by atoms with E-state index in [1.54, 1.807) is 0 Å². The van der Waals surface area contributed by atoms with Crippen molar-refractivity contribution in [2.24, 2.45) is 5.73 Å². The van der Waals surface area contributed by atoms with Crippen LogP contribution < -0.4 is 11.1 Å². The summed E-state index contributed by atoms with van der Waals surface area (Å²) in [5.41, 5.74) is 5.14. The van der Waals surface area contributed by atoms with Gasteiger partial charge in [-0.3, -0.25) is 9.59 Å². The van der Waals surface area contributed by atoms with E-state index in [4.69, 9.17) is 15.6 Å². The van der Waals surface area contributed by atoms with Gasteiger partial charge in [0.2, 0.25) is 11.7 Å². The molecule has 9 nitrogen and oxygen atoms in total. The fourth-order valence-electron chi connectivity index (χ4n) is 1.96. The molecule has 0 aromatic carbocycles.